The Morgan fingerprint density at radius 1 is 1.00 bits per heavy atom. The molecule has 2 aromatic heterocycles. The highest BCUT2D eigenvalue weighted by Gasteiger charge is 2.16. The van der Waals surface area contributed by atoms with Crippen LogP contribution in [0.5, 0.6) is 11.5 Å². The molecule has 0 amide bonds. The Morgan fingerprint density at radius 3 is 2.77 bits per heavy atom. The van der Waals surface area contributed by atoms with Crippen LogP contribution >= 0.6 is 22.9 Å². The fourth-order valence-electron chi connectivity index (χ4n) is 2.84. The van der Waals surface area contributed by atoms with Gasteiger partial charge in [0.1, 0.15) is 5.82 Å². The number of ether oxygens (including phenoxy) is 2. The van der Waals surface area contributed by atoms with Gasteiger partial charge in [0.25, 0.3) is 0 Å². The van der Waals surface area contributed by atoms with Crippen LogP contribution in [0.15, 0.2) is 53.9 Å². The highest BCUT2D eigenvalue weighted by Crippen LogP contribution is 2.37. The molecule has 0 aliphatic carbocycles. The molecule has 5 nitrogen and oxygen atoms in total. The van der Waals surface area contributed by atoms with E-state index in [9.17, 15) is 0 Å². The van der Waals surface area contributed by atoms with Crippen LogP contribution in [0.1, 0.15) is 0 Å². The standard InChI is InChI=1S/C19H12ClN3O2S/c20-13-7-8-26-17(13)19-22-14-4-2-1-3-12(14)18(23-19)21-11-5-6-15-16(9-11)25-10-24-15/h1-9H,10H2,(H,21,22,23). The zero-order valence-corrected chi connectivity index (χ0v) is 15.0. The fourth-order valence-corrected chi connectivity index (χ4v) is 3.91. The zero-order valence-electron chi connectivity index (χ0n) is 13.4. The summed E-state index contributed by atoms with van der Waals surface area (Å²) in [5.41, 5.74) is 1.71. The van der Waals surface area contributed by atoms with Gasteiger partial charge in [-0.15, -0.1) is 11.3 Å². The minimum atomic E-state index is 0.246. The number of aromatic nitrogens is 2. The summed E-state index contributed by atoms with van der Waals surface area (Å²) in [6, 6.07) is 15.4. The van der Waals surface area contributed by atoms with Gasteiger partial charge in [-0.1, -0.05) is 23.7 Å². The lowest BCUT2D eigenvalue weighted by atomic mass is 10.2. The maximum Gasteiger partial charge on any atom is 0.231 e. The highest BCUT2D eigenvalue weighted by atomic mass is 35.5. The van der Waals surface area contributed by atoms with Gasteiger partial charge in [-0.25, -0.2) is 9.97 Å². The van der Waals surface area contributed by atoms with E-state index in [-0.39, 0.29) is 6.79 Å². The lowest BCUT2D eigenvalue weighted by Crippen LogP contribution is -1.99. The third-order valence-electron chi connectivity index (χ3n) is 4.06. The second-order valence-electron chi connectivity index (χ2n) is 5.70. The van der Waals surface area contributed by atoms with Gasteiger partial charge in [0.15, 0.2) is 17.3 Å². The van der Waals surface area contributed by atoms with Crippen LogP contribution in [0.25, 0.3) is 21.6 Å². The molecule has 2 aromatic carbocycles. The molecule has 1 aliphatic rings. The number of anilines is 2. The molecule has 3 heterocycles. The predicted octanol–water partition coefficient (Wildman–Crippen LogP) is 5.48. The molecule has 0 radical (unpaired) electrons. The Morgan fingerprint density at radius 2 is 1.88 bits per heavy atom. The molecule has 0 saturated carbocycles. The number of rotatable bonds is 3. The van der Waals surface area contributed by atoms with Crippen molar-refractivity contribution in [3.63, 3.8) is 0 Å². The van der Waals surface area contributed by atoms with Gasteiger partial charge in [0, 0.05) is 17.1 Å². The summed E-state index contributed by atoms with van der Waals surface area (Å²) in [6.45, 7) is 0.246. The van der Waals surface area contributed by atoms with Crippen molar-refractivity contribution in [2.24, 2.45) is 0 Å². The number of para-hydroxylation sites is 1. The molecule has 0 atom stereocenters. The van der Waals surface area contributed by atoms with Gasteiger partial charge in [0.05, 0.1) is 15.4 Å². The van der Waals surface area contributed by atoms with Crippen molar-refractivity contribution in [1.29, 1.82) is 0 Å². The molecule has 0 bridgehead atoms. The van der Waals surface area contributed by atoms with Crippen molar-refractivity contribution >= 4 is 45.3 Å². The second-order valence-corrected chi connectivity index (χ2v) is 7.03. The van der Waals surface area contributed by atoms with Crippen LogP contribution < -0.4 is 14.8 Å². The van der Waals surface area contributed by atoms with Crippen molar-refractivity contribution < 1.29 is 9.47 Å². The molecule has 0 spiro atoms. The van der Waals surface area contributed by atoms with E-state index in [1.54, 1.807) is 0 Å². The molecule has 4 aromatic rings. The van der Waals surface area contributed by atoms with Crippen molar-refractivity contribution in [3.05, 3.63) is 58.9 Å². The first-order valence-electron chi connectivity index (χ1n) is 7.95. The molecule has 26 heavy (non-hydrogen) atoms. The van der Waals surface area contributed by atoms with Crippen LogP contribution in [-0.2, 0) is 0 Å². The molecular formula is C19H12ClN3O2S. The molecule has 0 saturated heterocycles. The summed E-state index contributed by atoms with van der Waals surface area (Å²) < 4.78 is 10.8. The number of benzene rings is 2. The van der Waals surface area contributed by atoms with Gasteiger partial charge >= 0.3 is 0 Å². The first-order chi connectivity index (χ1) is 12.8. The Labute approximate surface area is 158 Å². The summed E-state index contributed by atoms with van der Waals surface area (Å²) in [5, 5.41) is 6.89. The van der Waals surface area contributed by atoms with Gasteiger partial charge in [-0.2, -0.15) is 0 Å². The van der Waals surface area contributed by atoms with Gasteiger partial charge < -0.3 is 14.8 Å². The van der Waals surface area contributed by atoms with Gasteiger partial charge in [-0.3, -0.25) is 0 Å². The van der Waals surface area contributed by atoms with E-state index in [0.29, 0.717) is 16.7 Å². The highest BCUT2D eigenvalue weighted by molar-refractivity contribution is 7.14. The van der Waals surface area contributed by atoms with E-state index in [1.807, 2.05) is 53.9 Å². The van der Waals surface area contributed by atoms with Crippen LogP contribution in [0.4, 0.5) is 11.5 Å². The lowest BCUT2D eigenvalue weighted by Gasteiger charge is -2.11. The normalized spacial score (nSPS) is 12.5. The minimum absolute atomic E-state index is 0.246. The summed E-state index contributed by atoms with van der Waals surface area (Å²) in [4.78, 5) is 10.2. The number of nitrogens with zero attached hydrogens (tertiary/aromatic N) is 2. The van der Waals surface area contributed by atoms with Crippen LogP contribution in [-0.4, -0.2) is 16.8 Å². The predicted molar refractivity (Wildman–Crippen MR) is 104 cm³/mol. The van der Waals surface area contributed by atoms with Crippen molar-refractivity contribution in [3.8, 4) is 22.2 Å². The monoisotopic (exact) mass is 381 g/mol. The summed E-state index contributed by atoms with van der Waals surface area (Å²) >= 11 is 7.80. The van der Waals surface area contributed by atoms with Crippen LogP contribution in [0, 0.1) is 0 Å². The molecule has 1 aliphatic heterocycles. The maximum absolute atomic E-state index is 6.28. The fraction of sp³-hybridized carbons (Fsp3) is 0.0526. The quantitative estimate of drug-likeness (QED) is 0.509. The van der Waals surface area contributed by atoms with Gasteiger partial charge in [0.2, 0.25) is 6.79 Å². The number of hydrogen-bond acceptors (Lipinski definition) is 6. The van der Waals surface area contributed by atoms with E-state index in [2.05, 4.69) is 10.3 Å². The first kappa shape index (κ1) is 15.4. The molecule has 0 unspecified atom stereocenters. The van der Waals surface area contributed by atoms with Crippen molar-refractivity contribution in [2.75, 3.05) is 12.1 Å². The van der Waals surface area contributed by atoms with E-state index in [0.717, 1.165) is 33.0 Å². The maximum atomic E-state index is 6.28. The topological polar surface area (TPSA) is 56.3 Å². The Bertz CT molecular complexity index is 1130. The van der Waals surface area contributed by atoms with Gasteiger partial charge in [-0.05, 0) is 35.7 Å². The van der Waals surface area contributed by atoms with E-state index >= 15 is 0 Å². The van der Waals surface area contributed by atoms with E-state index in [1.165, 1.54) is 11.3 Å². The third kappa shape index (κ3) is 2.64. The average Bonchev–Trinajstić information content (AvgIpc) is 3.30. The Kier molecular flexibility index (Phi) is 3.65. The minimum Gasteiger partial charge on any atom is -0.454 e. The summed E-state index contributed by atoms with van der Waals surface area (Å²) in [5.74, 6) is 2.78. The molecule has 5 rings (SSSR count). The largest absolute Gasteiger partial charge is 0.454 e. The summed E-state index contributed by atoms with van der Waals surface area (Å²) in [7, 11) is 0. The number of hydrogen-bond donors (Lipinski definition) is 1. The Balaban J connectivity index is 1.63. The van der Waals surface area contributed by atoms with Crippen LogP contribution in [0.2, 0.25) is 5.02 Å². The third-order valence-corrected chi connectivity index (χ3v) is 5.40. The molecule has 0 fully saturated rings. The zero-order chi connectivity index (χ0) is 17.5. The van der Waals surface area contributed by atoms with Crippen molar-refractivity contribution in [1.82, 2.24) is 9.97 Å². The molecular weight excluding hydrogens is 370 g/mol. The smallest absolute Gasteiger partial charge is 0.231 e. The number of fused-ring (bicyclic) bond motifs is 2. The molecule has 1 N–H and O–H groups in total. The first-order valence-corrected chi connectivity index (χ1v) is 9.20. The van der Waals surface area contributed by atoms with E-state index in [4.69, 9.17) is 26.1 Å². The van der Waals surface area contributed by atoms with E-state index < -0.39 is 0 Å². The molecule has 7 heteroatoms. The second kappa shape index (κ2) is 6.16. The average molecular weight is 382 g/mol. The number of halogens is 1. The number of thiophene rings is 1. The van der Waals surface area contributed by atoms with Crippen molar-refractivity contribution in [2.45, 2.75) is 0 Å². The molecule has 128 valence electrons. The lowest BCUT2D eigenvalue weighted by molar-refractivity contribution is 0.174. The number of nitrogens with one attached hydrogen (secondary N) is 1. The Hall–Kier alpha value is -2.83. The SMILES string of the molecule is Clc1ccsc1-c1nc(Nc2ccc3c(c2)OCO3)c2ccccc2n1. The van der Waals surface area contributed by atoms with Crippen LogP contribution in [0.3, 0.4) is 0 Å². The summed E-state index contributed by atoms with van der Waals surface area (Å²) in [6.07, 6.45) is 0.